The molecule has 0 radical (unpaired) electrons. The third-order valence-electron chi connectivity index (χ3n) is 7.67. The minimum atomic E-state index is -0.168. The lowest BCUT2D eigenvalue weighted by molar-refractivity contribution is 0.169. The Morgan fingerprint density at radius 1 is 1.15 bits per heavy atom. The van der Waals surface area contributed by atoms with E-state index >= 15 is 0 Å². The standard InChI is InChI=1S/C25H35ClN6O2/c1-17(2)30-13-15-31(16-14-30)20-6-4-5-19(26)21(20)27-24(33)32-11-9-25(3,10-12-32)23-28-22(34-29-23)18-7-8-18/h4-6,17-18H,7-16H2,1-3H3,(H,27,33). The van der Waals surface area contributed by atoms with Gasteiger partial charge in [-0.05, 0) is 51.7 Å². The van der Waals surface area contributed by atoms with Crippen LogP contribution in [0, 0.1) is 0 Å². The maximum atomic E-state index is 13.2. The lowest BCUT2D eigenvalue weighted by atomic mass is 9.80. The molecule has 2 aromatic rings. The number of nitrogens with one attached hydrogen (secondary N) is 1. The maximum absolute atomic E-state index is 13.2. The van der Waals surface area contributed by atoms with Crippen LogP contribution >= 0.6 is 11.6 Å². The lowest BCUT2D eigenvalue weighted by Gasteiger charge is -2.39. The van der Waals surface area contributed by atoms with Crippen LogP contribution in [0.4, 0.5) is 16.2 Å². The number of carbonyl (C=O) groups is 1. The fourth-order valence-corrected chi connectivity index (χ4v) is 5.19. The van der Waals surface area contributed by atoms with E-state index in [9.17, 15) is 4.79 Å². The molecule has 184 valence electrons. The Kier molecular flexibility index (Phi) is 6.46. The number of carbonyl (C=O) groups excluding carboxylic acids is 1. The molecule has 1 N–H and O–H groups in total. The number of likely N-dealkylation sites (tertiary alicyclic amines) is 1. The Morgan fingerprint density at radius 2 is 1.85 bits per heavy atom. The van der Waals surface area contributed by atoms with Crippen LogP contribution in [0.1, 0.15) is 64.1 Å². The van der Waals surface area contributed by atoms with Crippen LogP contribution in [0.5, 0.6) is 0 Å². The van der Waals surface area contributed by atoms with Crippen LogP contribution in [-0.4, -0.2) is 71.3 Å². The van der Waals surface area contributed by atoms with Gasteiger partial charge in [-0.25, -0.2) is 4.79 Å². The van der Waals surface area contributed by atoms with E-state index < -0.39 is 0 Å². The molecule has 0 atom stereocenters. The van der Waals surface area contributed by atoms with E-state index in [-0.39, 0.29) is 11.4 Å². The highest BCUT2D eigenvalue weighted by Gasteiger charge is 2.39. The summed E-state index contributed by atoms with van der Waals surface area (Å²) in [5.41, 5.74) is 1.53. The number of aromatic nitrogens is 2. The Balaban J connectivity index is 1.23. The normalized spacial score (nSPS) is 21.2. The van der Waals surface area contributed by atoms with Crippen molar-refractivity contribution in [2.75, 3.05) is 49.5 Å². The molecule has 3 fully saturated rings. The lowest BCUT2D eigenvalue weighted by Crippen LogP contribution is -2.49. The number of benzene rings is 1. The zero-order chi connectivity index (χ0) is 23.9. The zero-order valence-electron chi connectivity index (χ0n) is 20.4. The molecule has 0 unspecified atom stereocenters. The highest BCUT2D eigenvalue weighted by atomic mass is 35.5. The quantitative estimate of drug-likeness (QED) is 0.659. The largest absolute Gasteiger partial charge is 0.367 e. The van der Waals surface area contributed by atoms with Gasteiger partial charge in [-0.1, -0.05) is 29.7 Å². The minimum Gasteiger partial charge on any atom is -0.367 e. The summed E-state index contributed by atoms with van der Waals surface area (Å²) in [6.45, 7) is 11.7. The second-order valence-corrected chi connectivity index (χ2v) is 10.9. The Bertz CT molecular complexity index is 1020. The molecule has 8 nitrogen and oxygen atoms in total. The summed E-state index contributed by atoms with van der Waals surface area (Å²) in [5.74, 6) is 2.01. The third-order valence-corrected chi connectivity index (χ3v) is 7.99. The third kappa shape index (κ3) is 4.75. The van der Waals surface area contributed by atoms with Crippen molar-refractivity contribution in [1.82, 2.24) is 19.9 Å². The average molecular weight is 487 g/mol. The molecule has 1 aromatic heterocycles. The number of piperidine rings is 1. The summed E-state index contributed by atoms with van der Waals surface area (Å²) >= 11 is 6.57. The van der Waals surface area contributed by atoms with E-state index in [0.29, 0.717) is 35.8 Å². The van der Waals surface area contributed by atoms with Crippen LogP contribution in [0.3, 0.4) is 0 Å². The molecular weight excluding hydrogens is 452 g/mol. The first-order chi connectivity index (χ1) is 16.3. The summed E-state index contributed by atoms with van der Waals surface area (Å²) in [6.07, 6.45) is 3.89. The van der Waals surface area contributed by atoms with Crippen molar-refractivity contribution in [2.45, 2.75) is 63.8 Å². The molecule has 1 saturated carbocycles. The van der Waals surface area contributed by atoms with Crippen molar-refractivity contribution in [3.05, 3.63) is 34.9 Å². The molecule has 2 amide bonds. The number of halogens is 1. The molecule has 9 heteroatoms. The van der Waals surface area contributed by atoms with Gasteiger partial charge in [-0.3, -0.25) is 4.90 Å². The van der Waals surface area contributed by atoms with Gasteiger partial charge in [-0.2, -0.15) is 4.98 Å². The van der Waals surface area contributed by atoms with Gasteiger partial charge in [-0.15, -0.1) is 0 Å². The highest BCUT2D eigenvalue weighted by Crippen LogP contribution is 2.41. The van der Waals surface area contributed by atoms with Crippen molar-refractivity contribution >= 4 is 29.0 Å². The number of piperazine rings is 1. The summed E-state index contributed by atoms with van der Waals surface area (Å²) in [4.78, 5) is 24.6. The first-order valence-electron chi connectivity index (χ1n) is 12.5. The number of para-hydroxylation sites is 1. The zero-order valence-corrected chi connectivity index (χ0v) is 21.1. The van der Waals surface area contributed by atoms with Gasteiger partial charge >= 0.3 is 6.03 Å². The Morgan fingerprint density at radius 3 is 2.50 bits per heavy atom. The molecule has 0 bridgehead atoms. The van der Waals surface area contributed by atoms with Crippen LogP contribution in [-0.2, 0) is 5.41 Å². The molecule has 3 heterocycles. The number of hydrogen-bond acceptors (Lipinski definition) is 6. The molecule has 1 aliphatic carbocycles. The van der Waals surface area contributed by atoms with Gasteiger partial charge in [0, 0.05) is 56.6 Å². The number of urea groups is 1. The number of amides is 2. The van der Waals surface area contributed by atoms with Crippen molar-refractivity contribution in [1.29, 1.82) is 0 Å². The van der Waals surface area contributed by atoms with Gasteiger partial charge in [0.25, 0.3) is 0 Å². The predicted molar refractivity (Wildman–Crippen MR) is 134 cm³/mol. The average Bonchev–Trinajstić information content (AvgIpc) is 3.56. The van der Waals surface area contributed by atoms with Gasteiger partial charge in [0.2, 0.25) is 5.89 Å². The fourth-order valence-electron chi connectivity index (χ4n) is 4.97. The molecule has 3 aliphatic rings. The molecule has 2 aliphatic heterocycles. The molecule has 0 spiro atoms. The first-order valence-corrected chi connectivity index (χ1v) is 12.9. The summed E-state index contributed by atoms with van der Waals surface area (Å²) in [5, 5.41) is 7.96. The molecule has 34 heavy (non-hydrogen) atoms. The van der Waals surface area contributed by atoms with E-state index in [4.69, 9.17) is 16.1 Å². The predicted octanol–water partition coefficient (Wildman–Crippen LogP) is 4.72. The van der Waals surface area contributed by atoms with Gasteiger partial charge in [0.15, 0.2) is 5.82 Å². The fraction of sp³-hybridized carbons (Fsp3) is 0.640. The van der Waals surface area contributed by atoms with Crippen molar-refractivity contribution in [3.8, 4) is 0 Å². The van der Waals surface area contributed by atoms with Gasteiger partial charge < -0.3 is 19.6 Å². The molecule has 5 rings (SSSR count). The monoisotopic (exact) mass is 486 g/mol. The molecule has 1 aromatic carbocycles. The molecular formula is C25H35ClN6O2. The number of nitrogens with zero attached hydrogens (tertiary/aromatic N) is 5. The van der Waals surface area contributed by atoms with Gasteiger partial charge in [0.1, 0.15) is 0 Å². The summed E-state index contributed by atoms with van der Waals surface area (Å²) < 4.78 is 5.49. The molecule has 2 saturated heterocycles. The van der Waals surface area contributed by atoms with Gasteiger partial charge in [0.05, 0.1) is 16.4 Å². The van der Waals surface area contributed by atoms with Crippen LogP contribution in [0.2, 0.25) is 5.02 Å². The van der Waals surface area contributed by atoms with E-state index in [2.05, 4.69) is 46.0 Å². The number of rotatable bonds is 5. The second-order valence-electron chi connectivity index (χ2n) is 10.5. The topological polar surface area (TPSA) is 77.7 Å². The van der Waals surface area contributed by atoms with E-state index in [1.165, 1.54) is 0 Å². The van der Waals surface area contributed by atoms with E-state index in [1.54, 1.807) is 0 Å². The van der Waals surface area contributed by atoms with Crippen LogP contribution in [0.25, 0.3) is 0 Å². The van der Waals surface area contributed by atoms with Crippen LogP contribution in [0.15, 0.2) is 22.7 Å². The van der Waals surface area contributed by atoms with Crippen LogP contribution < -0.4 is 10.2 Å². The highest BCUT2D eigenvalue weighted by molar-refractivity contribution is 6.34. The maximum Gasteiger partial charge on any atom is 0.321 e. The number of anilines is 2. The summed E-state index contributed by atoms with van der Waals surface area (Å²) in [6, 6.07) is 6.27. The Hall–Kier alpha value is -2.32. The Labute approximate surface area is 206 Å². The SMILES string of the molecule is CC(C)N1CCN(c2cccc(Cl)c2NC(=O)N2CCC(C)(c3noc(C4CC4)n3)CC2)CC1. The first kappa shape index (κ1) is 23.4. The van der Waals surface area contributed by atoms with Crippen molar-refractivity contribution in [2.24, 2.45) is 0 Å². The summed E-state index contributed by atoms with van der Waals surface area (Å²) in [7, 11) is 0. The smallest absolute Gasteiger partial charge is 0.321 e. The van der Waals surface area contributed by atoms with Crippen molar-refractivity contribution < 1.29 is 9.32 Å². The second kappa shape index (κ2) is 9.38. The van der Waals surface area contributed by atoms with Crippen molar-refractivity contribution in [3.63, 3.8) is 0 Å². The van der Waals surface area contributed by atoms with E-state index in [1.807, 2.05) is 23.1 Å². The number of hydrogen-bond donors (Lipinski definition) is 1. The van der Waals surface area contributed by atoms with E-state index in [0.717, 1.165) is 69.3 Å². The minimum absolute atomic E-state index is 0.107.